The lowest BCUT2D eigenvalue weighted by atomic mass is 9.95. The molecule has 1 atom stereocenters. The van der Waals surface area contributed by atoms with E-state index in [0.717, 1.165) is 17.7 Å². The number of hydrogen-bond acceptors (Lipinski definition) is 5. The number of nitrogens with zero attached hydrogens (tertiary/aromatic N) is 3. The molecule has 1 aliphatic heterocycles. The van der Waals surface area contributed by atoms with Gasteiger partial charge in [-0.1, -0.05) is 30.3 Å². The van der Waals surface area contributed by atoms with Gasteiger partial charge >= 0.3 is 6.18 Å². The highest BCUT2D eigenvalue weighted by atomic mass is 19.4. The van der Waals surface area contributed by atoms with Gasteiger partial charge in [0.05, 0.1) is 16.5 Å². The summed E-state index contributed by atoms with van der Waals surface area (Å²) in [4.78, 5) is 27.0. The second-order valence-corrected chi connectivity index (χ2v) is 8.35. The van der Waals surface area contributed by atoms with Crippen LogP contribution in [-0.2, 0) is 11.0 Å². The Balaban J connectivity index is 1.61. The van der Waals surface area contributed by atoms with Crippen LogP contribution in [0.25, 0.3) is 0 Å². The first kappa shape index (κ1) is 24.5. The van der Waals surface area contributed by atoms with Crippen LogP contribution in [0, 0.1) is 16.0 Å². The first-order chi connectivity index (χ1) is 15.6. The number of nitro benzene ring substituents is 1. The molecule has 1 heterocycles. The van der Waals surface area contributed by atoms with Crippen molar-refractivity contribution < 1.29 is 22.9 Å². The standard InChI is InChI=1S/C23H27F3N4O3/c1-28(2)21(16-6-4-3-5-7-16)15-27-22(31)17-10-12-29(13-11-17)19-9-8-18(23(24,25)26)14-20(19)30(32)33/h3-9,14,17,21H,10-13,15H2,1-2H3,(H,27,31)/t21-/m0/s1. The average Bonchev–Trinajstić information content (AvgIpc) is 2.78. The quantitative estimate of drug-likeness (QED) is 0.490. The van der Waals surface area contributed by atoms with E-state index in [1.807, 2.05) is 49.3 Å². The third-order valence-electron chi connectivity index (χ3n) is 5.98. The maximum atomic E-state index is 12.9. The monoisotopic (exact) mass is 464 g/mol. The molecule has 1 aliphatic rings. The Morgan fingerprint density at radius 2 is 1.82 bits per heavy atom. The fourth-order valence-electron chi connectivity index (χ4n) is 4.11. The fourth-order valence-corrected chi connectivity index (χ4v) is 4.11. The van der Waals surface area contributed by atoms with E-state index in [1.165, 1.54) is 0 Å². The van der Waals surface area contributed by atoms with Gasteiger partial charge in [-0.05, 0) is 44.6 Å². The van der Waals surface area contributed by atoms with E-state index < -0.39 is 22.4 Å². The Kier molecular flexibility index (Phi) is 7.57. The molecule has 33 heavy (non-hydrogen) atoms. The van der Waals surface area contributed by atoms with Gasteiger partial charge in [-0.3, -0.25) is 14.9 Å². The second kappa shape index (κ2) is 10.2. The van der Waals surface area contributed by atoms with E-state index in [1.54, 1.807) is 4.90 Å². The van der Waals surface area contributed by atoms with Crippen molar-refractivity contribution in [2.45, 2.75) is 25.1 Å². The van der Waals surface area contributed by atoms with E-state index in [-0.39, 0.29) is 23.6 Å². The summed E-state index contributed by atoms with van der Waals surface area (Å²) in [7, 11) is 3.89. The summed E-state index contributed by atoms with van der Waals surface area (Å²) in [5.41, 5.74) is -0.402. The van der Waals surface area contributed by atoms with E-state index in [2.05, 4.69) is 5.32 Å². The molecular weight excluding hydrogens is 437 g/mol. The molecule has 0 aliphatic carbocycles. The van der Waals surface area contributed by atoms with Gasteiger partial charge in [0.1, 0.15) is 5.69 Å². The molecule has 0 radical (unpaired) electrons. The number of carbonyl (C=O) groups is 1. The number of hydrogen-bond donors (Lipinski definition) is 1. The highest BCUT2D eigenvalue weighted by Gasteiger charge is 2.35. The Labute approximate surface area is 190 Å². The van der Waals surface area contributed by atoms with Crippen LogP contribution in [0.5, 0.6) is 0 Å². The van der Waals surface area contributed by atoms with Crippen LogP contribution < -0.4 is 10.2 Å². The molecule has 3 rings (SSSR count). The number of rotatable bonds is 7. The number of anilines is 1. The van der Waals surface area contributed by atoms with E-state index >= 15 is 0 Å². The van der Waals surface area contributed by atoms with Gasteiger partial charge in [0.15, 0.2) is 0 Å². The number of carbonyl (C=O) groups excluding carboxylic acids is 1. The van der Waals surface area contributed by atoms with Crippen LogP contribution >= 0.6 is 0 Å². The molecule has 1 amide bonds. The zero-order valence-electron chi connectivity index (χ0n) is 18.5. The highest BCUT2D eigenvalue weighted by Crippen LogP contribution is 2.37. The van der Waals surface area contributed by atoms with Crippen molar-refractivity contribution in [1.29, 1.82) is 0 Å². The van der Waals surface area contributed by atoms with Crippen LogP contribution in [0.4, 0.5) is 24.5 Å². The fraction of sp³-hybridized carbons (Fsp3) is 0.435. The Morgan fingerprint density at radius 1 is 1.18 bits per heavy atom. The zero-order chi connectivity index (χ0) is 24.2. The van der Waals surface area contributed by atoms with Crippen LogP contribution in [-0.4, -0.2) is 49.5 Å². The molecule has 2 aromatic rings. The van der Waals surface area contributed by atoms with Gasteiger partial charge in [0.25, 0.3) is 5.69 Å². The summed E-state index contributed by atoms with van der Waals surface area (Å²) in [6.45, 7) is 1.14. The molecule has 1 saturated heterocycles. The van der Waals surface area contributed by atoms with Crippen molar-refractivity contribution >= 4 is 17.3 Å². The zero-order valence-corrected chi connectivity index (χ0v) is 18.5. The van der Waals surface area contributed by atoms with Gasteiger partial charge in [0, 0.05) is 31.6 Å². The molecule has 178 valence electrons. The van der Waals surface area contributed by atoms with Crippen molar-refractivity contribution in [2.75, 3.05) is 38.6 Å². The SMILES string of the molecule is CN(C)[C@@H](CNC(=O)C1CCN(c2ccc(C(F)(F)F)cc2[N+](=O)[O-])CC1)c1ccccc1. The molecule has 0 bridgehead atoms. The number of halogens is 3. The Hall–Kier alpha value is -3.14. The number of alkyl halides is 3. The third-order valence-corrected chi connectivity index (χ3v) is 5.98. The summed E-state index contributed by atoms with van der Waals surface area (Å²) in [6.07, 6.45) is -3.73. The first-order valence-electron chi connectivity index (χ1n) is 10.7. The molecule has 0 unspecified atom stereocenters. The molecule has 1 N–H and O–H groups in total. The molecule has 0 aromatic heterocycles. The third kappa shape index (κ3) is 6.01. The van der Waals surface area contributed by atoms with Gasteiger partial charge < -0.3 is 15.1 Å². The average molecular weight is 464 g/mol. The topological polar surface area (TPSA) is 78.7 Å². The van der Waals surface area contributed by atoms with Gasteiger partial charge in [0.2, 0.25) is 5.91 Å². The predicted molar refractivity (Wildman–Crippen MR) is 119 cm³/mol. The van der Waals surface area contributed by atoms with Crippen LogP contribution in [0.3, 0.4) is 0 Å². The number of likely N-dealkylation sites (N-methyl/N-ethyl adjacent to an activating group) is 1. The van der Waals surface area contributed by atoms with Gasteiger partial charge in [-0.2, -0.15) is 13.2 Å². The van der Waals surface area contributed by atoms with Crippen molar-refractivity contribution in [2.24, 2.45) is 5.92 Å². The largest absolute Gasteiger partial charge is 0.416 e. The van der Waals surface area contributed by atoms with Crippen molar-refractivity contribution in [3.8, 4) is 0 Å². The normalized spacial score (nSPS) is 16.0. The maximum absolute atomic E-state index is 12.9. The van der Waals surface area contributed by atoms with Crippen LogP contribution in [0.1, 0.15) is 30.0 Å². The highest BCUT2D eigenvalue weighted by molar-refractivity contribution is 5.79. The van der Waals surface area contributed by atoms with E-state index in [4.69, 9.17) is 0 Å². The lowest BCUT2D eigenvalue weighted by Crippen LogP contribution is -2.43. The molecule has 0 spiro atoms. The van der Waals surface area contributed by atoms with Crippen molar-refractivity contribution in [1.82, 2.24) is 10.2 Å². The summed E-state index contributed by atoms with van der Waals surface area (Å²) >= 11 is 0. The molecule has 2 aromatic carbocycles. The van der Waals surface area contributed by atoms with Gasteiger partial charge in [-0.25, -0.2) is 0 Å². The molecule has 1 fully saturated rings. The van der Waals surface area contributed by atoms with E-state index in [9.17, 15) is 28.1 Å². The number of nitro groups is 1. The lowest BCUT2D eigenvalue weighted by Gasteiger charge is -2.33. The Morgan fingerprint density at radius 3 is 2.36 bits per heavy atom. The van der Waals surface area contributed by atoms with Crippen LogP contribution in [0.15, 0.2) is 48.5 Å². The summed E-state index contributed by atoms with van der Waals surface area (Å²) in [5, 5.41) is 14.4. The van der Waals surface area contributed by atoms with E-state index in [0.29, 0.717) is 38.5 Å². The summed E-state index contributed by atoms with van der Waals surface area (Å²) in [5.74, 6) is -0.340. The Bertz CT molecular complexity index is 975. The lowest BCUT2D eigenvalue weighted by molar-refractivity contribution is -0.384. The maximum Gasteiger partial charge on any atom is 0.416 e. The van der Waals surface area contributed by atoms with Crippen molar-refractivity contribution in [3.63, 3.8) is 0 Å². The smallest absolute Gasteiger partial charge is 0.366 e. The molecular formula is C23H27F3N4O3. The van der Waals surface area contributed by atoms with Crippen LogP contribution in [0.2, 0.25) is 0 Å². The minimum absolute atomic E-state index is 0.0186. The molecule has 7 nitrogen and oxygen atoms in total. The summed E-state index contributed by atoms with van der Waals surface area (Å²) in [6, 6.07) is 12.4. The van der Waals surface area contributed by atoms with Gasteiger partial charge in [-0.15, -0.1) is 0 Å². The molecule has 10 heteroatoms. The number of benzene rings is 2. The number of amides is 1. The molecule has 0 saturated carbocycles. The predicted octanol–water partition coefficient (Wildman–Crippen LogP) is 4.25. The minimum atomic E-state index is -4.65. The summed E-state index contributed by atoms with van der Waals surface area (Å²) < 4.78 is 38.8. The number of nitrogens with one attached hydrogen (secondary N) is 1. The first-order valence-corrected chi connectivity index (χ1v) is 10.7. The second-order valence-electron chi connectivity index (χ2n) is 8.35. The minimum Gasteiger partial charge on any atom is -0.366 e. The van der Waals surface area contributed by atoms with Crippen molar-refractivity contribution in [3.05, 3.63) is 69.8 Å². The number of piperidine rings is 1.